The molecule has 1 atom stereocenters. The molecule has 0 spiro atoms. The largest absolute Gasteiger partial charge is 0.493 e. The van der Waals surface area contributed by atoms with Gasteiger partial charge in [0.1, 0.15) is 10.7 Å². The van der Waals surface area contributed by atoms with E-state index in [4.69, 9.17) is 19.7 Å². The Balaban J connectivity index is 1.68. The van der Waals surface area contributed by atoms with Crippen LogP contribution in [0.4, 0.5) is 0 Å². The molecule has 0 bridgehead atoms. The van der Waals surface area contributed by atoms with Gasteiger partial charge in [0.25, 0.3) is 0 Å². The van der Waals surface area contributed by atoms with Gasteiger partial charge in [0.05, 0.1) is 13.2 Å². The summed E-state index contributed by atoms with van der Waals surface area (Å²) in [5, 5.41) is 18.2. The second-order valence-electron chi connectivity index (χ2n) is 7.38. The van der Waals surface area contributed by atoms with Crippen molar-refractivity contribution in [2.45, 2.75) is 62.1 Å². The average molecular weight is 457 g/mol. The summed E-state index contributed by atoms with van der Waals surface area (Å²) in [7, 11) is 0. The summed E-state index contributed by atoms with van der Waals surface area (Å²) in [4.78, 5) is 21.2. The van der Waals surface area contributed by atoms with Gasteiger partial charge in [0.15, 0.2) is 0 Å². The number of aryl methyl sites for hydroxylation is 1. The fraction of sp³-hybridized carbons (Fsp3) is 0.636. The Morgan fingerprint density at radius 1 is 1.23 bits per heavy atom. The van der Waals surface area contributed by atoms with Gasteiger partial charge in [0.2, 0.25) is 0 Å². The Morgan fingerprint density at radius 2 is 1.93 bits per heavy atom. The standard InChI is InChI=1S/C22H32O6S2/c1-2-6-17-7-3-4-8-19(17)27-13-5-14-29-16-18-15-28-22(30-18,11-9-20(23)24)12-10-21(25)26/h3-4,7-8,18H,2,5-6,9-16H2,1H3,(H,23,24)(H,25,26). The third-order valence-corrected chi connectivity index (χ3v) is 7.86. The van der Waals surface area contributed by atoms with E-state index in [2.05, 4.69) is 13.0 Å². The maximum absolute atomic E-state index is 11.0. The zero-order valence-electron chi connectivity index (χ0n) is 17.5. The molecular weight excluding hydrogens is 424 g/mol. The van der Waals surface area contributed by atoms with Crippen LogP contribution in [0.15, 0.2) is 24.3 Å². The van der Waals surface area contributed by atoms with Crippen molar-refractivity contribution in [3.05, 3.63) is 29.8 Å². The van der Waals surface area contributed by atoms with Gasteiger partial charge in [-0.2, -0.15) is 11.8 Å². The minimum absolute atomic E-state index is 0.0106. The van der Waals surface area contributed by atoms with Gasteiger partial charge in [-0.15, -0.1) is 11.8 Å². The molecule has 168 valence electrons. The zero-order valence-corrected chi connectivity index (χ0v) is 19.1. The monoisotopic (exact) mass is 456 g/mol. The maximum atomic E-state index is 11.0. The minimum atomic E-state index is -0.882. The summed E-state index contributed by atoms with van der Waals surface area (Å²) < 4.78 is 11.9. The van der Waals surface area contributed by atoms with E-state index in [9.17, 15) is 9.59 Å². The van der Waals surface area contributed by atoms with Crippen LogP contribution in [-0.2, 0) is 20.7 Å². The van der Waals surface area contributed by atoms with E-state index in [1.165, 1.54) is 5.56 Å². The molecule has 1 heterocycles. The van der Waals surface area contributed by atoms with E-state index in [-0.39, 0.29) is 18.1 Å². The molecule has 1 unspecified atom stereocenters. The highest BCUT2D eigenvalue weighted by Gasteiger charge is 2.41. The van der Waals surface area contributed by atoms with Gasteiger partial charge >= 0.3 is 11.9 Å². The molecule has 1 saturated heterocycles. The first-order valence-electron chi connectivity index (χ1n) is 10.5. The number of thioether (sulfide) groups is 2. The molecule has 1 aliphatic rings. The van der Waals surface area contributed by atoms with Crippen LogP contribution in [-0.4, -0.2) is 57.1 Å². The molecule has 0 saturated carbocycles. The second kappa shape index (κ2) is 13.1. The number of carboxylic acids is 2. The molecule has 6 nitrogen and oxygen atoms in total. The van der Waals surface area contributed by atoms with Gasteiger partial charge in [-0.25, -0.2) is 0 Å². The van der Waals surface area contributed by atoms with E-state index in [0.29, 0.717) is 26.1 Å². The molecule has 0 aromatic heterocycles. The van der Waals surface area contributed by atoms with Crippen molar-refractivity contribution in [2.24, 2.45) is 0 Å². The summed E-state index contributed by atoms with van der Waals surface area (Å²) >= 11 is 3.45. The Hall–Kier alpha value is -1.38. The molecule has 0 aliphatic carbocycles. The first-order valence-corrected chi connectivity index (χ1v) is 12.5. The lowest BCUT2D eigenvalue weighted by molar-refractivity contribution is -0.138. The lowest BCUT2D eigenvalue weighted by Gasteiger charge is -2.26. The third kappa shape index (κ3) is 8.78. The number of rotatable bonds is 15. The van der Waals surface area contributed by atoms with E-state index in [1.807, 2.05) is 30.0 Å². The van der Waals surface area contributed by atoms with Crippen molar-refractivity contribution in [3.63, 3.8) is 0 Å². The first-order chi connectivity index (χ1) is 14.4. The lowest BCUT2D eigenvalue weighted by atomic mass is 10.1. The lowest BCUT2D eigenvalue weighted by Crippen LogP contribution is -2.26. The van der Waals surface area contributed by atoms with Crippen LogP contribution >= 0.6 is 23.5 Å². The van der Waals surface area contributed by atoms with Gasteiger partial charge in [-0.1, -0.05) is 31.5 Å². The quantitative estimate of drug-likeness (QED) is 0.367. The van der Waals surface area contributed by atoms with Crippen molar-refractivity contribution < 1.29 is 29.3 Å². The van der Waals surface area contributed by atoms with E-state index in [1.54, 1.807) is 11.8 Å². The molecule has 1 fully saturated rings. The second-order valence-corrected chi connectivity index (χ2v) is 10.2. The smallest absolute Gasteiger partial charge is 0.303 e. The van der Waals surface area contributed by atoms with Crippen molar-refractivity contribution in [3.8, 4) is 5.75 Å². The van der Waals surface area contributed by atoms with Crippen LogP contribution in [0, 0.1) is 0 Å². The maximum Gasteiger partial charge on any atom is 0.303 e. The highest BCUT2D eigenvalue weighted by molar-refractivity contribution is 8.04. The zero-order chi connectivity index (χ0) is 21.8. The third-order valence-electron chi connectivity index (χ3n) is 4.84. The summed E-state index contributed by atoms with van der Waals surface area (Å²) in [6.45, 7) is 3.39. The van der Waals surface area contributed by atoms with E-state index < -0.39 is 16.9 Å². The number of aliphatic carboxylic acids is 2. The van der Waals surface area contributed by atoms with E-state index in [0.717, 1.165) is 36.5 Å². The molecule has 8 heteroatoms. The predicted molar refractivity (Wildman–Crippen MR) is 122 cm³/mol. The van der Waals surface area contributed by atoms with Crippen molar-refractivity contribution in [1.82, 2.24) is 0 Å². The Bertz CT molecular complexity index is 663. The van der Waals surface area contributed by atoms with Gasteiger partial charge in [-0.3, -0.25) is 9.59 Å². The van der Waals surface area contributed by atoms with Crippen LogP contribution in [0.2, 0.25) is 0 Å². The number of hydrogen-bond acceptors (Lipinski definition) is 6. The van der Waals surface area contributed by atoms with Gasteiger partial charge in [-0.05, 0) is 43.1 Å². The van der Waals surface area contributed by atoms with Gasteiger partial charge in [0, 0.05) is 23.8 Å². The van der Waals surface area contributed by atoms with Crippen molar-refractivity contribution in [1.29, 1.82) is 0 Å². The van der Waals surface area contributed by atoms with Crippen LogP contribution in [0.5, 0.6) is 5.75 Å². The predicted octanol–water partition coefficient (Wildman–Crippen LogP) is 4.70. The fourth-order valence-electron chi connectivity index (χ4n) is 3.36. The Labute approximate surface area is 187 Å². The molecule has 0 amide bonds. The van der Waals surface area contributed by atoms with Gasteiger partial charge < -0.3 is 19.7 Å². The number of ether oxygens (including phenoxy) is 2. The molecular formula is C22H32O6S2. The number of benzene rings is 1. The SMILES string of the molecule is CCCc1ccccc1OCCCSCC1COC(CCC(=O)O)(CCC(=O)O)S1. The molecule has 30 heavy (non-hydrogen) atoms. The van der Waals surface area contributed by atoms with Crippen LogP contribution in [0.25, 0.3) is 0 Å². The number of carboxylic acid groups (broad SMARTS) is 2. The summed E-state index contributed by atoms with van der Waals surface area (Å²) in [6, 6.07) is 8.19. The number of carbonyl (C=O) groups is 2. The molecule has 1 aromatic carbocycles. The molecule has 1 aliphatic heterocycles. The number of hydrogen-bond donors (Lipinski definition) is 2. The normalized spacial score (nSPS) is 17.7. The van der Waals surface area contributed by atoms with Crippen LogP contribution in [0.3, 0.4) is 0 Å². The summed E-state index contributed by atoms with van der Waals surface area (Å²) in [5.41, 5.74) is 1.26. The number of para-hydroxylation sites is 1. The Kier molecular flexibility index (Phi) is 10.9. The summed E-state index contributed by atoms with van der Waals surface area (Å²) in [6.07, 6.45) is 3.73. The molecule has 0 radical (unpaired) electrons. The van der Waals surface area contributed by atoms with Crippen molar-refractivity contribution >= 4 is 35.5 Å². The minimum Gasteiger partial charge on any atom is -0.493 e. The molecule has 2 N–H and O–H groups in total. The average Bonchev–Trinajstić information content (AvgIpc) is 3.13. The first kappa shape index (κ1) is 24.9. The Morgan fingerprint density at radius 3 is 2.60 bits per heavy atom. The van der Waals surface area contributed by atoms with Crippen LogP contribution < -0.4 is 4.74 Å². The fourth-order valence-corrected chi connectivity index (χ4v) is 6.09. The van der Waals surface area contributed by atoms with E-state index >= 15 is 0 Å². The summed E-state index contributed by atoms with van der Waals surface area (Å²) in [5.74, 6) is 1.09. The molecule has 1 aromatic rings. The highest BCUT2D eigenvalue weighted by Crippen LogP contribution is 2.45. The molecule has 2 rings (SSSR count). The van der Waals surface area contributed by atoms with Crippen molar-refractivity contribution in [2.75, 3.05) is 24.7 Å². The topological polar surface area (TPSA) is 93.1 Å². The highest BCUT2D eigenvalue weighted by atomic mass is 32.2. The van der Waals surface area contributed by atoms with Crippen LogP contribution in [0.1, 0.15) is 51.0 Å².